The summed E-state index contributed by atoms with van der Waals surface area (Å²) in [7, 11) is 0. The van der Waals surface area contributed by atoms with Gasteiger partial charge in [0.15, 0.2) is 0 Å². The minimum absolute atomic E-state index is 0.0149. The van der Waals surface area contributed by atoms with Crippen LogP contribution in [0.5, 0.6) is 0 Å². The van der Waals surface area contributed by atoms with Gasteiger partial charge in [-0.3, -0.25) is 0 Å². The van der Waals surface area contributed by atoms with Crippen molar-refractivity contribution in [2.24, 2.45) is 4.40 Å². The van der Waals surface area contributed by atoms with E-state index in [0.717, 1.165) is 11.9 Å². The molecule has 0 atom stereocenters. The highest BCUT2D eigenvalue weighted by molar-refractivity contribution is 7.98. The smallest absolute Gasteiger partial charge is 0.210 e. The average Bonchev–Trinajstić information content (AvgIpc) is 2.07. The van der Waals surface area contributed by atoms with E-state index in [-0.39, 0.29) is 5.02 Å². The standard InChI is InChI=1S/C7H3ClFNOS/c8-6-3-5(12-10-4-11)1-2-7(6)9/h1-3H. The molecule has 0 amide bonds. The first-order valence-corrected chi connectivity index (χ1v) is 4.08. The highest BCUT2D eigenvalue weighted by Crippen LogP contribution is 2.23. The monoisotopic (exact) mass is 203 g/mol. The summed E-state index contributed by atoms with van der Waals surface area (Å²) < 4.78 is 15.8. The number of nitrogens with zero attached hydrogens (tertiary/aromatic N) is 1. The van der Waals surface area contributed by atoms with E-state index in [1.807, 2.05) is 0 Å². The highest BCUT2D eigenvalue weighted by Gasteiger charge is 2.00. The Balaban J connectivity index is 2.89. The first-order chi connectivity index (χ1) is 5.74. The van der Waals surface area contributed by atoms with E-state index in [4.69, 9.17) is 11.6 Å². The molecule has 2 nitrogen and oxygen atoms in total. The third kappa shape index (κ3) is 2.34. The van der Waals surface area contributed by atoms with Crippen LogP contribution in [0.15, 0.2) is 27.5 Å². The molecule has 0 aliphatic heterocycles. The molecular weight excluding hydrogens is 201 g/mol. The number of carbonyl (C=O) groups excluding carboxylic acids is 1. The summed E-state index contributed by atoms with van der Waals surface area (Å²) >= 11 is 6.36. The third-order valence-corrected chi connectivity index (χ3v) is 2.00. The number of halogens is 2. The Labute approximate surface area is 77.6 Å². The normalized spacial score (nSPS) is 9.17. The molecule has 12 heavy (non-hydrogen) atoms. The Bertz CT molecular complexity index is 338. The van der Waals surface area contributed by atoms with Crippen LogP contribution in [0, 0.1) is 5.82 Å². The van der Waals surface area contributed by atoms with Crippen molar-refractivity contribution in [3.05, 3.63) is 29.0 Å². The number of rotatable bonds is 2. The van der Waals surface area contributed by atoms with Gasteiger partial charge in [-0.05, 0) is 18.2 Å². The van der Waals surface area contributed by atoms with Crippen molar-refractivity contribution < 1.29 is 9.18 Å². The second-order valence-electron chi connectivity index (χ2n) is 1.85. The summed E-state index contributed by atoms with van der Waals surface area (Å²) in [6, 6.07) is 4.08. The van der Waals surface area contributed by atoms with Crippen LogP contribution in [0.1, 0.15) is 0 Å². The van der Waals surface area contributed by atoms with E-state index in [1.54, 1.807) is 0 Å². The summed E-state index contributed by atoms with van der Waals surface area (Å²) in [5.74, 6) is -0.490. The highest BCUT2D eigenvalue weighted by atomic mass is 35.5. The summed E-state index contributed by atoms with van der Waals surface area (Å²) in [5, 5.41) is 0.0149. The Kier molecular flexibility index (Phi) is 3.29. The Morgan fingerprint density at radius 3 is 2.92 bits per heavy atom. The fourth-order valence-corrected chi connectivity index (χ4v) is 1.29. The fourth-order valence-electron chi connectivity index (χ4n) is 0.605. The molecule has 0 unspecified atom stereocenters. The molecule has 0 aromatic heterocycles. The molecule has 0 bridgehead atoms. The largest absolute Gasteiger partial charge is 0.247 e. The number of isocyanates is 1. The Morgan fingerprint density at radius 2 is 2.33 bits per heavy atom. The Morgan fingerprint density at radius 1 is 1.58 bits per heavy atom. The molecule has 0 spiro atoms. The molecule has 5 heteroatoms. The van der Waals surface area contributed by atoms with E-state index < -0.39 is 5.82 Å². The van der Waals surface area contributed by atoms with Crippen molar-refractivity contribution in [1.82, 2.24) is 0 Å². The lowest BCUT2D eigenvalue weighted by Crippen LogP contribution is -1.76. The summed E-state index contributed by atoms with van der Waals surface area (Å²) in [4.78, 5) is 10.3. The first-order valence-electron chi connectivity index (χ1n) is 2.93. The zero-order chi connectivity index (χ0) is 8.97. The van der Waals surface area contributed by atoms with Gasteiger partial charge < -0.3 is 0 Å². The van der Waals surface area contributed by atoms with Crippen LogP contribution >= 0.6 is 23.5 Å². The lowest BCUT2D eigenvalue weighted by Gasteiger charge is -1.95. The fraction of sp³-hybridized carbons (Fsp3) is 0. The van der Waals surface area contributed by atoms with E-state index in [9.17, 15) is 9.18 Å². The second-order valence-corrected chi connectivity index (χ2v) is 3.09. The van der Waals surface area contributed by atoms with Crippen LogP contribution in [0.4, 0.5) is 4.39 Å². The lowest BCUT2D eigenvalue weighted by atomic mass is 10.3. The van der Waals surface area contributed by atoms with Crippen molar-refractivity contribution in [2.45, 2.75) is 4.90 Å². The molecule has 0 fully saturated rings. The van der Waals surface area contributed by atoms with E-state index in [2.05, 4.69) is 4.40 Å². The van der Waals surface area contributed by atoms with Crippen LogP contribution < -0.4 is 0 Å². The number of benzene rings is 1. The van der Waals surface area contributed by atoms with Gasteiger partial charge in [-0.2, -0.15) is 0 Å². The third-order valence-electron chi connectivity index (χ3n) is 1.08. The maximum absolute atomic E-state index is 12.6. The van der Waals surface area contributed by atoms with Gasteiger partial charge in [0.2, 0.25) is 6.08 Å². The Hall–Kier alpha value is -0.830. The first kappa shape index (κ1) is 9.26. The van der Waals surface area contributed by atoms with Crippen LogP contribution in [0.25, 0.3) is 0 Å². The molecule has 0 N–H and O–H groups in total. The van der Waals surface area contributed by atoms with Crippen LogP contribution in [-0.2, 0) is 4.79 Å². The number of hydrogen-bond donors (Lipinski definition) is 0. The van der Waals surface area contributed by atoms with Gasteiger partial charge >= 0.3 is 0 Å². The summed E-state index contributed by atoms with van der Waals surface area (Å²) in [6.45, 7) is 0. The molecule has 0 aliphatic rings. The molecular formula is C7H3ClFNOS. The maximum Gasteiger partial charge on any atom is 0.247 e. The zero-order valence-corrected chi connectivity index (χ0v) is 7.32. The molecule has 1 rings (SSSR count). The minimum atomic E-state index is -0.490. The van der Waals surface area contributed by atoms with Crippen molar-refractivity contribution >= 4 is 29.6 Å². The molecule has 0 saturated carbocycles. The van der Waals surface area contributed by atoms with Crippen molar-refractivity contribution in [2.75, 3.05) is 0 Å². The number of hydrogen-bond acceptors (Lipinski definition) is 3. The minimum Gasteiger partial charge on any atom is -0.210 e. The molecule has 0 saturated heterocycles. The van der Waals surface area contributed by atoms with Gasteiger partial charge in [-0.25, -0.2) is 9.18 Å². The molecule has 1 aromatic rings. The van der Waals surface area contributed by atoms with Crippen molar-refractivity contribution in [3.8, 4) is 0 Å². The van der Waals surface area contributed by atoms with Gasteiger partial charge in [-0.15, -0.1) is 4.40 Å². The predicted molar refractivity (Wildman–Crippen MR) is 45.4 cm³/mol. The molecule has 0 heterocycles. The zero-order valence-electron chi connectivity index (χ0n) is 5.75. The molecule has 62 valence electrons. The summed E-state index contributed by atoms with van der Waals surface area (Å²) in [6.07, 6.45) is 1.35. The molecule has 0 radical (unpaired) electrons. The van der Waals surface area contributed by atoms with Crippen LogP contribution in [-0.4, -0.2) is 6.08 Å². The quantitative estimate of drug-likeness (QED) is 0.420. The van der Waals surface area contributed by atoms with Gasteiger partial charge in [0.05, 0.1) is 5.02 Å². The maximum atomic E-state index is 12.6. The van der Waals surface area contributed by atoms with Gasteiger partial charge in [0.1, 0.15) is 5.82 Å². The van der Waals surface area contributed by atoms with Crippen LogP contribution in [0.2, 0.25) is 5.02 Å². The van der Waals surface area contributed by atoms with Gasteiger partial charge in [0, 0.05) is 16.8 Å². The van der Waals surface area contributed by atoms with Crippen LogP contribution in [0.3, 0.4) is 0 Å². The van der Waals surface area contributed by atoms with Gasteiger partial charge in [0.25, 0.3) is 0 Å². The van der Waals surface area contributed by atoms with Crippen molar-refractivity contribution in [3.63, 3.8) is 0 Å². The SMILES string of the molecule is O=C=NSc1ccc(F)c(Cl)c1. The average molecular weight is 204 g/mol. The predicted octanol–water partition coefficient (Wildman–Crippen LogP) is 2.82. The van der Waals surface area contributed by atoms with Gasteiger partial charge in [-0.1, -0.05) is 11.6 Å². The topological polar surface area (TPSA) is 29.4 Å². The van der Waals surface area contributed by atoms with E-state index in [0.29, 0.717) is 4.90 Å². The lowest BCUT2D eigenvalue weighted by molar-refractivity contribution is 0.566. The van der Waals surface area contributed by atoms with E-state index in [1.165, 1.54) is 24.3 Å². The van der Waals surface area contributed by atoms with E-state index >= 15 is 0 Å². The van der Waals surface area contributed by atoms with Crippen molar-refractivity contribution in [1.29, 1.82) is 0 Å². The summed E-state index contributed by atoms with van der Waals surface area (Å²) in [5.41, 5.74) is 0. The second kappa shape index (κ2) is 4.26. The molecule has 0 aliphatic carbocycles. The molecule has 1 aromatic carbocycles.